The predicted molar refractivity (Wildman–Crippen MR) is 82.2 cm³/mol. The largest absolute Gasteiger partial charge is 0.382 e. The van der Waals surface area contributed by atoms with Gasteiger partial charge in [-0.05, 0) is 24.6 Å². The second-order valence-electron chi connectivity index (χ2n) is 4.77. The Morgan fingerprint density at radius 1 is 1.13 bits per heavy atom. The zero-order chi connectivity index (χ0) is 16.8. The lowest BCUT2D eigenvalue weighted by atomic mass is 10.1. The maximum absolute atomic E-state index is 13.4. The lowest BCUT2D eigenvalue weighted by Gasteiger charge is -2.08. The van der Waals surface area contributed by atoms with Crippen LogP contribution in [-0.2, 0) is 0 Å². The van der Waals surface area contributed by atoms with E-state index < -0.39 is 17.6 Å². The number of hydrogen-bond acceptors (Lipinski definition) is 5. The quantitative estimate of drug-likeness (QED) is 0.702. The molecule has 1 aromatic carbocycles. The van der Waals surface area contributed by atoms with Crippen molar-refractivity contribution in [3.05, 3.63) is 53.2 Å². The van der Waals surface area contributed by atoms with E-state index in [-0.39, 0.29) is 30.2 Å². The van der Waals surface area contributed by atoms with Gasteiger partial charge in [-0.3, -0.25) is 9.59 Å². The van der Waals surface area contributed by atoms with Gasteiger partial charge >= 0.3 is 0 Å². The van der Waals surface area contributed by atoms with E-state index in [1.165, 1.54) is 30.6 Å². The third-order valence-electron chi connectivity index (χ3n) is 3.07. The highest BCUT2D eigenvalue weighted by atomic mass is 19.1. The molecular formula is C15H16FN5O2. The van der Waals surface area contributed by atoms with E-state index in [1.807, 2.05) is 0 Å². The van der Waals surface area contributed by atoms with Gasteiger partial charge in [-0.2, -0.15) is 0 Å². The van der Waals surface area contributed by atoms with E-state index in [1.54, 1.807) is 6.92 Å². The zero-order valence-corrected chi connectivity index (χ0v) is 12.5. The fraction of sp³-hybridized carbons (Fsp3) is 0.200. The molecule has 0 spiro atoms. The molecule has 0 fully saturated rings. The van der Waals surface area contributed by atoms with Gasteiger partial charge in [-0.25, -0.2) is 14.4 Å². The lowest BCUT2D eigenvalue weighted by molar-refractivity contribution is 0.0925. The first-order valence-electron chi connectivity index (χ1n) is 6.88. The molecule has 1 heterocycles. The monoisotopic (exact) mass is 317 g/mol. The normalized spacial score (nSPS) is 10.2. The topological polar surface area (TPSA) is 110 Å². The number of nitrogens with one attached hydrogen (secondary N) is 2. The van der Waals surface area contributed by atoms with Crippen LogP contribution in [0.1, 0.15) is 26.4 Å². The molecule has 2 aromatic rings. The molecule has 0 bridgehead atoms. The summed E-state index contributed by atoms with van der Waals surface area (Å²) in [5.41, 5.74) is 6.25. The van der Waals surface area contributed by atoms with Crippen molar-refractivity contribution in [2.75, 3.05) is 18.8 Å². The van der Waals surface area contributed by atoms with Gasteiger partial charge in [0.2, 0.25) is 0 Å². The van der Waals surface area contributed by atoms with E-state index in [0.29, 0.717) is 5.56 Å². The van der Waals surface area contributed by atoms with Crippen LogP contribution in [0.2, 0.25) is 0 Å². The fourth-order valence-corrected chi connectivity index (χ4v) is 1.80. The maximum Gasteiger partial charge on any atom is 0.273 e. The molecule has 0 aliphatic carbocycles. The van der Waals surface area contributed by atoms with Crippen LogP contribution >= 0.6 is 0 Å². The molecule has 1 aromatic heterocycles. The van der Waals surface area contributed by atoms with Crippen molar-refractivity contribution in [3.63, 3.8) is 0 Å². The number of aromatic nitrogens is 2. The fourth-order valence-electron chi connectivity index (χ4n) is 1.80. The average Bonchev–Trinajstić information content (AvgIpc) is 2.54. The molecule has 2 amide bonds. The molecule has 0 atom stereocenters. The van der Waals surface area contributed by atoms with Crippen LogP contribution < -0.4 is 16.4 Å². The molecule has 0 unspecified atom stereocenters. The molecule has 2 rings (SSSR count). The third-order valence-corrected chi connectivity index (χ3v) is 3.07. The smallest absolute Gasteiger partial charge is 0.273 e. The predicted octanol–water partition coefficient (Wildman–Crippen LogP) is 0.666. The minimum Gasteiger partial charge on any atom is -0.382 e. The molecule has 0 aliphatic heterocycles. The van der Waals surface area contributed by atoms with Gasteiger partial charge < -0.3 is 16.4 Å². The molecule has 7 nitrogen and oxygen atoms in total. The van der Waals surface area contributed by atoms with Gasteiger partial charge in [-0.15, -0.1) is 0 Å². The molecule has 8 heteroatoms. The van der Waals surface area contributed by atoms with Crippen molar-refractivity contribution in [1.29, 1.82) is 0 Å². The zero-order valence-electron chi connectivity index (χ0n) is 12.5. The van der Waals surface area contributed by atoms with Crippen molar-refractivity contribution in [2.24, 2.45) is 0 Å². The highest BCUT2D eigenvalue weighted by Crippen LogP contribution is 2.08. The number of anilines is 1. The summed E-state index contributed by atoms with van der Waals surface area (Å²) in [5, 5.41) is 5.14. The maximum atomic E-state index is 13.4. The van der Waals surface area contributed by atoms with Gasteiger partial charge in [-0.1, -0.05) is 6.07 Å². The summed E-state index contributed by atoms with van der Waals surface area (Å²) in [5.74, 6) is -1.31. The minimum absolute atomic E-state index is 0.0273. The first kappa shape index (κ1) is 16.3. The number of nitrogen functional groups attached to an aromatic ring is 1. The number of carbonyl (C=O) groups is 2. The Morgan fingerprint density at radius 2 is 1.78 bits per heavy atom. The summed E-state index contributed by atoms with van der Waals surface area (Å²) in [7, 11) is 0. The second-order valence-corrected chi connectivity index (χ2v) is 4.77. The van der Waals surface area contributed by atoms with E-state index >= 15 is 0 Å². The summed E-state index contributed by atoms with van der Waals surface area (Å²) < 4.78 is 13.4. The Bertz CT molecular complexity index is 736. The van der Waals surface area contributed by atoms with Gasteiger partial charge in [0.15, 0.2) is 11.5 Å². The van der Waals surface area contributed by atoms with E-state index in [4.69, 9.17) is 5.73 Å². The lowest BCUT2D eigenvalue weighted by Crippen LogP contribution is -2.35. The number of hydrogen-bond donors (Lipinski definition) is 3. The standard InChI is InChI=1S/C15H16FN5O2/c1-9-2-3-10(8-11(9)16)14(22)20-6-7-21-15(23)12-13(17)19-5-4-18-12/h2-5,8H,6-7H2,1H3,(H2,17,19)(H,20,22)(H,21,23). The summed E-state index contributed by atoms with van der Waals surface area (Å²) in [6.07, 6.45) is 2.74. The van der Waals surface area contributed by atoms with Crippen molar-refractivity contribution in [1.82, 2.24) is 20.6 Å². The van der Waals surface area contributed by atoms with E-state index in [2.05, 4.69) is 20.6 Å². The van der Waals surface area contributed by atoms with Crippen LogP contribution in [0.5, 0.6) is 0 Å². The van der Waals surface area contributed by atoms with Crippen LogP contribution in [0.25, 0.3) is 0 Å². The van der Waals surface area contributed by atoms with Gasteiger partial charge in [0.05, 0.1) is 0 Å². The molecule has 4 N–H and O–H groups in total. The Morgan fingerprint density at radius 3 is 2.43 bits per heavy atom. The summed E-state index contributed by atoms with van der Waals surface area (Å²) in [4.78, 5) is 31.2. The summed E-state index contributed by atoms with van der Waals surface area (Å²) in [6, 6.07) is 4.24. The van der Waals surface area contributed by atoms with Gasteiger partial charge in [0.1, 0.15) is 5.82 Å². The molecule has 0 radical (unpaired) electrons. The van der Waals surface area contributed by atoms with Crippen LogP contribution in [-0.4, -0.2) is 34.9 Å². The van der Waals surface area contributed by atoms with Gasteiger partial charge in [0, 0.05) is 31.0 Å². The van der Waals surface area contributed by atoms with Crippen LogP contribution in [0.3, 0.4) is 0 Å². The van der Waals surface area contributed by atoms with Crippen molar-refractivity contribution >= 4 is 17.6 Å². The van der Waals surface area contributed by atoms with Gasteiger partial charge in [0.25, 0.3) is 11.8 Å². The van der Waals surface area contributed by atoms with Crippen molar-refractivity contribution in [2.45, 2.75) is 6.92 Å². The van der Waals surface area contributed by atoms with Crippen molar-refractivity contribution < 1.29 is 14.0 Å². The molecular weight excluding hydrogens is 301 g/mol. The highest BCUT2D eigenvalue weighted by molar-refractivity contribution is 5.96. The Kier molecular flexibility index (Phi) is 5.19. The molecule has 0 aliphatic rings. The number of benzene rings is 1. The Labute approximate surface area is 132 Å². The van der Waals surface area contributed by atoms with Crippen LogP contribution in [0.15, 0.2) is 30.6 Å². The molecule has 23 heavy (non-hydrogen) atoms. The van der Waals surface area contributed by atoms with Crippen LogP contribution in [0.4, 0.5) is 10.2 Å². The average molecular weight is 317 g/mol. The number of amides is 2. The summed E-state index contributed by atoms with van der Waals surface area (Å²) in [6.45, 7) is 1.97. The molecule has 0 saturated carbocycles. The number of nitrogens with zero attached hydrogens (tertiary/aromatic N) is 2. The number of rotatable bonds is 5. The first-order chi connectivity index (χ1) is 11.0. The minimum atomic E-state index is -0.480. The molecule has 120 valence electrons. The summed E-state index contributed by atoms with van der Waals surface area (Å²) >= 11 is 0. The Balaban J connectivity index is 1.81. The second kappa shape index (κ2) is 7.30. The molecule has 0 saturated heterocycles. The Hall–Kier alpha value is -3.03. The van der Waals surface area contributed by atoms with Crippen LogP contribution in [0, 0.1) is 12.7 Å². The number of nitrogens with two attached hydrogens (primary N) is 1. The number of carbonyl (C=O) groups excluding carboxylic acids is 2. The SMILES string of the molecule is Cc1ccc(C(=O)NCCNC(=O)c2nccnc2N)cc1F. The van der Waals surface area contributed by atoms with E-state index in [9.17, 15) is 14.0 Å². The van der Waals surface area contributed by atoms with E-state index in [0.717, 1.165) is 0 Å². The highest BCUT2D eigenvalue weighted by Gasteiger charge is 2.11. The first-order valence-corrected chi connectivity index (χ1v) is 6.88. The van der Waals surface area contributed by atoms with Crippen molar-refractivity contribution in [3.8, 4) is 0 Å². The third kappa shape index (κ3) is 4.22. The number of halogens is 1. The number of aryl methyl sites for hydroxylation is 1.